The van der Waals surface area contributed by atoms with Gasteiger partial charge in [0.05, 0.1) is 7.11 Å². The zero-order valence-corrected chi connectivity index (χ0v) is 16.2. The summed E-state index contributed by atoms with van der Waals surface area (Å²) in [4.78, 5) is 13.2. The highest BCUT2D eigenvalue weighted by Gasteiger charge is 2.49. The third-order valence-corrected chi connectivity index (χ3v) is 4.96. The van der Waals surface area contributed by atoms with Gasteiger partial charge in [-0.15, -0.1) is 0 Å². The molecule has 0 aliphatic rings. The predicted molar refractivity (Wildman–Crippen MR) is 104 cm³/mol. The average molecular weight is 437 g/mol. The Kier molecular flexibility index (Phi) is 5.79. The molecule has 0 saturated carbocycles. The second-order valence-electron chi connectivity index (χ2n) is 5.97. The fourth-order valence-corrected chi connectivity index (χ4v) is 2.98. The minimum atomic E-state index is -6.03. The molecule has 156 valence electrons. The highest BCUT2D eigenvalue weighted by atomic mass is 32.2. The van der Waals surface area contributed by atoms with Crippen LogP contribution in [0.25, 0.3) is 10.8 Å². The van der Waals surface area contributed by atoms with Crippen molar-refractivity contribution in [2.75, 3.05) is 7.11 Å². The quantitative estimate of drug-likeness (QED) is 0.249. The monoisotopic (exact) mass is 437 g/mol. The number of hydrogen-bond donors (Lipinski definition) is 0. The van der Waals surface area contributed by atoms with Crippen LogP contribution in [-0.4, -0.2) is 32.5 Å². The highest BCUT2D eigenvalue weighted by molar-refractivity contribution is 7.87. The van der Waals surface area contributed by atoms with Crippen LogP contribution in [0.1, 0.15) is 15.9 Å². The molecule has 0 radical (unpaired) electrons. The van der Waals surface area contributed by atoms with Crippen molar-refractivity contribution in [3.63, 3.8) is 0 Å². The number of nitrogens with zero attached hydrogens (tertiary/aromatic N) is 1. The van der Waals surface area contributed by atoms with Crippen LogP contribution < -0.4 is 4.74 Å². The van der Waals surface area contributed by atoms with Crippen molar-refractivity contribution in [2.45, 2.75) is 5.51 Å². The summed E-state index contributed by atoms with van der Waals surface area (Å²) in [6, 6.07) is 17.1. The Morgan fingerprint density at radius 1 is 0.900 bits per heavy atom. The molecule has 3 rings (SSSR count). The second kappa shape index (κ2) is 8.15. The lowest BCUT2D eigenvalue weighted by molar-refractivity contribution is -0.0540. The molecule has 10 heteroatoms. The standard InChI is InChI=1S/C20H14F3NO5S/c1-28-17-12-11-16(14-9-5-6-10-15(14)17)19(25)18(13-7-3-2-4-8-13)24-29-30(26,27)20(21,22)23/h2-12H,1H3/b24-18+. The van der Waals surface area contributed by atoms with Crippen LogP contribution in [0.3, 0.4) is 0 Å². The Hall–Kier alpha value is -3.40. The molecular formula is C20H14F3NO5S. The lowest BCUT2D eigenvalue weighted by Gasteiger charge is -2.11. The van der Waals surface area contributed by atoms with Crippen molar-refractivity contribution in [1.29, 1.82) is 0 Å². The van der Waals surface area contributed by atoms with E-state index in [1.54, 1.807) is 30.3 Å². The van der Waals surface area contributed by atoms with Crippen molar-refractivity contribution in [2.24, 2.45) is 5.16 Å². The van der Waals surface area contributed by atoms with Crippen molar-refractivity contribution >= 4 is 32.4 Å². The van der Waals surface area contributed by atoms with E-state index >= 15 is 0 Å². The van der Waals surface area contributed by atoms with Crippen LogP contribution in [0.15, 0.2) is 71.9 Å². The highest BCUT2D eigenvalue weighted by Crippen LogP contribution is 2.30. The molecule has 0 aromatic heterocycles. The summed E-state index contributed by atoms with van der Waals surface area (Å²) in [6.45, 7) is 0. The second-order valence-corrected chi connectivity index (χ2v) is 7.49. The van der Waals surface area contributed by atoms with Gasteiger partial charge in [0, 0.05) is 16.5 Å². The van der Waals surface area contributed by atoms with Gasteiger partial charge in [-0.05, 0) is 17.5 Å². The van der Waals surface area contributed by atoms with Gasteiger partial charge in [0.25, 0.3) is 0 Å². The largest absolute Gasteiger partial charge is 0.536 e. The number of methoxy groups -OCH3 is 1. The number of oxime groups is 1. The minimum Gasteiger partial charge on any atom is -0.496 e. The number of carbonyl (C=O) groups is 1. The molecule has 0 aliphatic carbocycles. The van der Waals surface area contributed by atoms with Gasteiger partial charge < -0.3 is 4.74 Å². The van der Waals surface area contributed by atoms with Crippen molar-refractivity contribution < 1.29 is 35.4 Å². The number of benzene rings is 3. The van der Waals surface area contributed by atoms with Crippen molar-refractivity contribution in [1.82, 2.24) is 0 Å². The van der Waals surface area contributed by atoms with Crippen LogP contribution >= 0.6 is 0 Å². The first-order chi connectivity index (χ1) is 14.2. The van der Waals surface area contributed by atoms with Gasteiger partial charge in [0.1, 0.15) is 5.75 Å². The summed E-state index contributed by atoms with van der Waals surface area (Å²) < 4.78 is 69.5. The molecule has 0 heterocycles. The third kappa shape index (κ3) is 4.13. The number of ketones is 1. The number of fused-ring (bicyclic) bond motifs is 1. The van der Waals surface area contributed by atoms with Crippen LogP contribution in [0.2, 0.25) is 0 Å². The average Bonchev–Trinajstić information content (AvgIpc) is 2.72. The van der Waals surface area contributed by atoms with E-state index in [1.807, 2.05) is 0 Å². The van der Waals surface area contributed by atoms with Crippen LogP contribution in [0.4, 0.5) is 13.2 Å². The van der Waals surface area contributed by atoms with E-state index in [-0.39, 0.29) is 11.1 Å². The molecule has 0 aliphatic heterocycles. The topological polar surface area (TPSA) is 82.0 Å². The molecule has 3 aromatic carbocycles. The molecule has 0 N–H and O–H groups in total. The molecular weight excluding hydrogens is 423 g/mol. The SMILES string of the molecule is COc1ccc(C(=O)/C(=N/OS(=O)(=O)C(F)(F)F)c2ccccc2)c2ccccc12. The third-order valence-electron chi connectivity index (χ3n) is 4.12. The van der Waals surface area contributed by atoms with Crippen molar-refractivity contribution in [3.8, 4) is 5.75 Å². The van der Waals surface area contributed by atoms with Gasteiger partial charge in [0.2, 0.25) is 5.78 Å². The van der Waals surface area contributed by atoms with Crippen LogP contribution in [0.5, 0.6) is 5.75 Å². The smallest absolute Gasteiger partial charge is 0.496 e. The Morgan fingerprint density at radius 3 is 2.10 bits per heavy atom. The number of hydrogen-bond acceptors (Lipinski definition) is 6. The molecule has 0 saturated heterocycles. The lowest BCUT2D eigenvalue weighted by atomic mass is 9.95. The summed E-state index contributed by atoms with van der Waals surface area (Å²) in [7, 11) is -4.58. The summed E-state index contributed by atoms with van der Waals surface area (Å²) in [5, 5.41) is 4.12. The summed E-state index contributed by atoms with van der Waals surface area (Å²) in [5.41, 5.74) is -6.12. The first-order valence-corrected chi connectivity index (χ1v) is 9.80. The number of ether oxygens (including phenoxy) is 1. The first-order valence-electron chi connectivity index (χ1n) is 8.39. The summed E-state index contributed by atoms with van der Waals surface area (Å²) in [5.74, 6) is -0.339. The Bertz CT molecular complexity index is 1220. The van der Waals surface area contributed by atoms with Crippen LogP contribution in [-0.2, 0) is 14.4 Å². The molecule has 0 bridgehead atoms. The summed E-state index contributed by atoms with van der Waals surface area (Å²) >= 11 is 0. The van der Waals surface area contributed by atoms with E-state index in [1.165, 1.54) is 43.5 Å². The van der Waals surface area contributed by atoms with Gasteiger partial charge in [-0.1, -0.05) is 59.8 Å². The maximum Gasteiger partial charge on any atom is 0.536 e. The predicted octanol–water partition coefficient (Wildman–Crippen LogP) is 4.30. The first kappa shape index (κ1) is 21.3. The van der Waals surface area contributed by atoms with Crippen LogP contribution in [0, 0.1) is 0 Å². The van der Waals surface area contributed by atoms with Gasteiger partial charge in [-0.3, -0.25) is 9.08 Å². The van der Waals surface area contributed by atoms with Gasteiger partial charge in [0.15, 0.2) is 5.71 Å². The maximum atomic E-state index is 13.2. The zero-order chi connectivity index (χ0) is 21.9. The fourth-order valence-electron chi connectivity index (χ4n) is 2.72. The summed E-state index contributed by atoms with van der Waals surface area (Å²) in [6.07, 6.45) is 0. The van der Waals surface area contributed by atoms with E-state index in [2.05, 4.69) is 9.44 Å². The maximum absolute atomic E-state index is 13.2. The number of rotatable bonds is 6. The van der Waals surface area contributed by atoms with E-state index < -0.39 is 27.1 Å². The molecule has 30 heavy (non-hydrogen) atoms. The van der Waals surface area contributed by atoms with Gasteiger partial charge in [-0.25, -0.2) is 0 Å². The van der Waals surface area contributed by atoms with Gasteiger partial charge in [-0.2, -0.15) is 21.6 Å². The number of carbonyl (C=O) groups excluding carboxylic acids is 1. The molecule has 6 nitrogen and oxygen atoms in total. The zero-order valence-electron chi connectivity index (χ0n) is 15.4. The minimum absolute atomic E-state index is 0.0831. The molecule has 0 amide bonds. The molecule has 0 atom stereocenters. The van der Waals surface area contributed by atoms with E-state index in [4.69, 9.17) is 4.74 Å². The number of halogens is 3. The van der Waals surface area contributed by atoms with E-state index in [0.717, 1.165) is 0 Å². The van der Waals surface area contributed by atoms with Gasteiger partial charge >= 0.3 is 15.6 Å². The Balaban J connectivity index is 2.15. The molecule has 0 fully saturated rings. The molecule has 0 spiro atoms. The number of Topliss-reactive ketones (excluding diaryl/α,β-unsaturated/α-hetero) is 1. The molecule has 3 aromatic rings. The van der Waals surface area contributed by atoms with Crippen molar-refractivity contribution in [3.05, 3.63) is 77.9 Å². The Morgan fingerprint density at radius 2 is 1.50 bits per heavy atom. The van der Waals surface area contributed by atoms with E-state index in [9.17, 15) is 26.4 Å². The number of alkyl halides is 3. The Labute approximate surface area is 169 Å². The molecule has 0 unspecified atom stereocenters. The fraction of sp³-hybridized carbons (Fsp3) is 0.100. The lowest BCUT2D eigenvalue weighted by Crippen LogP contribution is -2.25. The normalized spacial score (nSPS) is 12.6. The van der Waals surface area contributed by atoms with E-state index in [0.29, 0.717) is 16.5 Å².